The maximum absolute atomic E-state index is 11.6. The van der Waals surface area contributed by atoms with Crippen LogP contribution < -0.4 is 5.73 Å². The first kappa shape index (κ1) is 13.7. The summed E-state index contributed by atoms with van der Waals surface area (Å²) in [6, 6.07) is 0.199. The Bertz CT molecular complexity index is 185. The number of halogens is 1. The summed E-state index contributed by atoms with van der Waals surface area (Å²) in [6.45, 7) is 5.80. The molecule has 1 fully saturated rings. The molecule has 0 bridgehead atoms. The topological polar surface area (TPSA) is 46.3 Å². The molecule has 1 unspecified atom stereocenters. The summed E-state index contributed by atoms with van der Waals surface area (Å²) in [4.78, 5) is 13.5. The van der Waals surface area contributed by atoms with Gasteiger partial charge in [0, 0.05) is 25.6 Å². The van der Waals surface area contributed by atoms with E-state index in [9.17, 15) is 4.79 Å². The Balaban J connectivity index is 0.00000169. The van der Waals surface area contributed by atoms with E-state index in [0.717, 1.165) is 25.9 Å². The first-order valence-corrected chi connectivity index (χ1v) is 5.13. The average molecular weight is 221 g/mol. The van der Waals surface area contributed by atoms with Crippen LogP contribution in [0.4, 0.5) is 0 Å². The van der Waals surface area contributed by atoms with Crippen molar-refractivity contribution in [3.63, 3.8) is 0 Å². The van der Waals surface area contributed by atoms with E-state index in [0.29, 0.717) is 12.3 Å². The number of rotatable bonds is 2. The van der Waals surface area contributed by atoms with Gasteiger partial charge in [0.15, 0.2) is 0 Å². The monoisotopic (exact) mass is 220 g/mol. The number of carbonyl (C=O) groups excluding carboxylic acids is 1. The molecule has 1 atom stereocenters. The lowest BCUT2D eigenvalue weighted by Crippen LogP contribution is -2.45. The summed E-state index contributed by atoms with van der Waals surface area (Å²) in [5.41, 5.74) is 5.80. The van der Waals surface area contributed by atoms with Crippen molar-refractivity contribution in [3.8, 4) is 0 Å². The van der Waals surface area contributed by atoms with Gasteiger partial charge in [0.2, 0.25) is 5.91 Å². The number of amides is 1. The zero-order valence-corrected chi connectivity index (χ0v) is 9.85. The van der Waals surface area contributed by atoms with Gasteiger partial charge >= 0.3 is 0 Å². The van der Waals surface area contributed by atoms with Gasteiger partial charge in [-0.25, -0.2) is 0 Å². The second kappa shape index (κ2) is 6.25. The van der Waals surface area contributed by atoms with Crippen LogP contribution in [-0.2, 0) is 4.79 Å². The minimum atomic E-state index is 0. The fraction of sp³-hybridized carbons (Fsp3) is 0.900. The highest BCUT2D eigenvalue weighted by molar-refractivity contribution is 5.85. The predicted octanol–water partition coefficient (Wildman–Crippen LogP) is 1.40. The zero-order chi connectivity index (χ0) is 9.84. The molecule has 84 valence electrons. The van der Waals surface area contributed by atoms with E-state index in [2.05, 4.69) is 13.8 Å². The summed E-state index contributed by atoms with van der Waals surface area (Å²) >= 11 is 0. The van der Waals surface area contributed by atoms with Gasteiger partial charge in [-0.15, -0.1) is 12.4 Å². The highest BCUT2D eigenvalue weighted by Gasteiger charge is 2.21. The van der Waals surface area contributed by atoms with Gasteiger partial charge in [0.25, 0.3) is 0 Å². The highest BCUT2D eigenvalue weighted by atomic mass is 35.5. The van der Waals surface area contributed by atoms with Crippen molar-refractivity contribution in [3.05, 3.63) is 0 Å². The molecule has 0 aromatic rings. The first-order valence-electron chi connectivity index (χ1n) is 5.13. The summed E-state index contributed by atoms with van der Waals surface area (Å²) < 4.78 is 0. The van der Waals surface area contributed by atoms with Crippen molar-refractivity contribution in [1.82, 2.24) is 4.90 Å². The lowest BCUT2D eigenvalue weighted by Gasteiger charge is -2.31. The van der Waals surface area contributed by atoms with Crippen LogP contribution in [-0.4, -0.2) is 29.9 Å². The van der Waals surface area contributed by atoms with Crippen molar-refractivity contribution in [2.24, 2.45) is 11.7 Å². The average Bonchev–Trinajstić information content (AvgIpc) is 2.03. The summed E-state index contributed by atoms with van der Waals surface area (Å²) in [5.74, 6) is 0.718. The standard InChI is InChI=1S/C10H20N2O.ClH/c1-8(2)6-10(13)12-5-3-4-9(11)7-12;/h8-9H,3-7,11H2,1-2H3;1H. The molecule has 1 aliphatic rings. The van der Waals surface area contributed by atoms with Gasteiger partial charge in [0.05, 0.1) is 0 Å². The molecule has 2 N–H and O–H groups in total. The van der Waals surface area contributed by atoms with Gasteiger partial charge < -0.3 is 10.6 Å². The van der Waals surface area contributed by atoms with E-state index < -0.39 is 0 Å². The minimum absolute atomic E-state index is 0. The fourth-order valence-electron chi connectivity index (χ4n) is 1.71. The third-order valence-electron chi connectivity index (χ3n) is 2.39. The molecular formula is C10H21ClN2O. The van der Waals surface area contributed by atoms with E-state index in [4.69, 9.17) is 5.73 Å². The van der Waals surface area contributed by atoms with Crippen molar-refractivity contribution in [1.29, 1.82) is 0 Å². The van der Waals surface area contributed by atoms with E-state index in [1.54, 1.807) is 0 Å². The van der Waals surface area contributed by atoms with Crippen molar-refractivity contribution in [2.45, 2.75) is 39.2 Å². The number of nitrogens with two attached hydrogens (primary N) is 1. The van der Waals surface area contributed by atoms with Crippen LogP contribution in [0.2, 0.25) is 0 Å². The maximum Gasteiger partial charge on any atom is 0.222 e. The van der Waals surface area contributed by atoms with Crippen molar-refractivity contribution in [2.75, 3.05) is 13.1 Å². The third kappa shape index (κ3) is 4.29. The number of likely N-dealkylation sites (tertiary alicyclic amines) is 1. The van der Waals surface area contributed by atoms with Gasteiger partial charge in [-0.1, -0.05) is 13.8 Å². The molecule has 1 heterocycles. The summed E-state index contributed by atoms with van der Waals surface area (Å²) in [5, 5.41) is 0. The molecule has 1 rings (SSSR count). The normalized spacial score (nSPS) is 22.0. The lowest BCUT2D eigenvalue weighted by atomic mass is 10.0. The summed E-state index contributed by atoms with van der Waals surface area (Å²) in [7, 11) is 0. The largest absolute Gasteiger partial charge is 0.341 e. The molecule has 0 aromatic heterocycles. The Morgan fingerprint density at radius 3 is 2.71 bits per heavy atom. The second-order valence-electron chi connectivity index (χ2n) is 4.34. The van der Waals surface area contributed by atoms with Crippen LogP contribution in [0.3, 0.4) is 0 Å². The second-order valence-corrected chi connectivity index (χ2v) is 4.34. The number of carbonyl (C=O) groups is 1. The van der Waals surface area contributed by atoms with Crippen LogP contribution in [0.25, 0.3) is 0 Å². The fourth-order valence-corrected chi connectivity index (χ4v) is 1.71. The Morgan fingerprint density at radius 1 is 1.57 bits per heavy atom. The van der Waals surface area contributed by atoms with Gasteiger partial charge in [-0.2, -0.15) is 0 Å². The maximum atomic E-state index is 11.6. The summed E-state index contributed by atoms with van der Waals surface area (Å²) in [6.07, 6.45) is 2.78. The molecule has 0 aromatic carbocycles. The Hall–Kier alpha value is -0.280. The lowest BCUT2D eigenvalue weighted by molar-refractivity contribution is -0.133. The molecule has 1 saturated heterocycles. The molecule has 3 nitrogen and oxygen atoms in total. The molecule has 1 aliphatic heterocycles. The molecule has 4 heteroatoms. The number of hydrogen-bond acceptors (Lipinski definition) is 2. The van der Waals surface area contributed by atoms with Gasteiger partial charge in [-0.3, -0.25) is 4.79 Å². The number of nitrogens with zero attached hydrogens (tertiary/aromatic N) is 1. The number of piperidine rings is 1. The molecule has 1 amide bonds. The molecule has 0 spiro atoms. The minimum Gasteiger partial charge on any atom is -0.341 e. The highest BCUT2D eigenvalue weighted by Crippen LogP contribution is 2.11. The zero-order valence-electron chi connectivity index (χ0n) is 9.03. The Kier molecular flexibility index (Phi) is 6.12. The Morgan fingerprint density at radius 2 is 2.21 bits per heavy atom. The van der Waals surface area contributed by atoms with Gasteiger partial charge in [0.1, 0.15) is 0 Å². The molecular weight excluding hydrogens is 200 g/mol. The van der Waals surface area contributed by atoms with Crippen LogP contribution >= 0.6 is 12.4 Å². The van der Waals surface area contributed by atoms with E-state index in [-0.39, 0.29) is 24.4 Å². The van der Waals surface area contributed by atoms with Crippen molar-refractivity contribution >= 4 is 18.3 Å². The smallest absolute Gasteiger partial charge is 0.222 e. The van der Waals surface area contributed by atoms with Crippen LogP contribution in [0.5, 0.6) is 0 Å². The predicted molar refractivity (Wildman–Crippen MR) is 60.5 cm³/mol. The van der Waals surface area contributed by atoms with Crippen molar-refractivity contribution < 1.29 is 4.79 Å². The van der Waals surface area contributed by atoms with E-state index in [1.165, 1.54) is 0 Å². The number of hydrogen-bond donors (Lipinski definition) is 1. The SMILES string of the molecule is CC(C)CC(=O)N1CCCC(N)C1.Cl. The molecule has 0 aliphatic carbocycles. The molecule has 0 saturated carbocycles. The van der Waals surface area contributed by atoms with Crippen LogP contribution in [0, 0.1) is 5.92 Å². The third-order valence-corrected chi connectivity index (χ3v) is 2.39. The van der Waals surface area contributed by atoms with E-state index >= 15 is 0 Å². The molecule has 0 radical (unpaired) electrons. The van der Waals surface area contributed by atoms with Crippen LogP contribution in [0.1, 0.15) is 33.1 Å². The van der Waals surface area contributed by atoms with Crippen LogP contribution in [0.15, 0.2) is 0 Å². The Labute approximate surface area is 92.4 Å². The molecule has 14 heavy (non-hydrogen) atoms. The first-order chi connectivity index (χ1) is 6.09. The van der Waals surface area contributed by atoms with E-state index in [1.807, 2.05) is 4.90 Å². The van der Waals surface area contributed by atoms with Gasteiger partial charge in [-0.05, 0) is 18.8 Å². The quantitative estimate of drug-likeness (QED) is 0.765.